The smallest absolute Gasteiger partial charge is 0.371 e. The first-order valence-corrected chi connectivity index (χ1v) is 5.13. The molecular weight excluding hydrogens is 239 g/mol. The molecule has 0 aliphatic rings. The molecule has 0 spiro atoms. The molecule has 1 N–H and O–H groups in total. The highest BCUT2D eigenvalue weighted by atomic mass is 19.1. The van der Waals surface area contributed by atoms with Crippen molar-refractivity contribution >= 4 is 11.8 Å². The summed E-state index contributed by atoms with van der Waals surface area (Å²) in [6.45, 7) is 1.54. The average Bonchev–Trinajstić information content (AvgIpc) is 2.81. The van der Waals surface area contributed by atoms with E-state index in [0.717, 1.165) is 0 Å². The molecule has 1 aromatic heterocycles. The fourth-order valence-electron chi connectivity index (χ4n) is 1.50. The van der Waals surface area contributed by atoms with E-state index in [-0.39, 0.29) is 17.1 Å². The lowest BCUT2D eigenvalue weighted by atomic mass is 10.1. The molecule has 2 rings (SSSR count). The van der Waals surface area contributed by atoms with Gasteiger partial charge in [0.25, 0.3) is 0 Å². The molecule has 0 aliphatic carbocycles. The predicted octanol–water partition coefficient (Wildman–Crippen LogP) is 2.66. The van der Waals surface area contributed by atoms with Crippen molar-refractivity contribution in [2.45, 2.75) is 6.92 Å². The number of carbonyl (C=O) groups excluding carboxylic acids is 1. The van der Waals surface area contributed by atoms with E-state index in [1.54, 1.807) is 0 Å². The van der Waals surface area contributed by atoms with Gasteiger partial charge in [-0.05, 0) is 42.8 Å². The molecule has 0 unspecified atom stereocenters. The van der Waals surface area contributed by atoms with Crippen LogP contribution < -0.4 is 0 Å². The van der Waals surface area contributed by atoms with E-state index in [2.05, 4.69) is 0 Å². The van der Waals surface area contributed by atoms with Crippen LogP contribution in [0.1, 0.15) is 32.2 Å². The maximum atomic E-state index is 13.1. The molecule has 0 saturated carbocycles. The summed E-state index contributed by atoms with van der Waals surface area (Å²) in [4.78, 5) is 22.6. The van der Waals surface area contributed by atoms with Crippen LogP contribution in [0.5, 0.6) is 0 Å². The van der Waals surface area contributed by atoms with Gasteiger partial charge in [0.15, 0.2) is 5.76 Å². The van der Waals surface area contributed by atoms with E-state index < -0.39 is 17.6 Å². The molecule has 0 saturated heterocycles. The Balaban J connectivity index is 2.35. The number of aryl methyl sites for hydroxylation is 1. The largest absolute Gasteiger partial charge is 0.475 e. The number of benzene rings is 1. The normalized spacial score (nSPS) is 10.3. The molecule has 0 amide bonds. The van der Waals surface area contributed by atoms with Crippen LogP contribution in [0.25, 0.3) is 0 Å². The molecule has 0 atom stereocenters. The highest BCUT2D eigenvalue weighted by molar-refractivity contribution is 6.07. The van der Waals surface area contributed by atoms with Gasteiger partial charge in [0.05, 0.1) is 0 Å². The molecule has 0 fully saturated rings. The Labute approximate surface area is 102 Å². The number of furan rings is 1. The number of carbonyl (C=O) groups is 2. The highest BCUT2D eigenvalue weighted by Gasteiger charge is 2.17. The van der Waals surface area contributed by atoms with Gasteiger partial charge in [-0.3, -0.25) is 4.79 Å². The van der Waals surface area contributed by atoms with Gasteiger partial charge >= 0.3 is 5.97 Å². The number of aromatic carboxylic acids is 1. The molecule has 4 nitrogen and oxygen atoms in total. The number of ketones is 1. The highest BCUT2D eigenvalue weighted by Crippen LogP contribution is 2.16. The zero-order chi connectivity index (χ0) is 13.3. The summed E-state index contributed by atoms with van der Waals surface area (Å²) in [7, 11) is 0. The lowest BCUT2D eigenvalue weighted by Gasteiger charge is -2.00. The third kappa shape index (κ3) is 2.15. The number of rotatable bonds is 3. The Bertz CT molecular complexity index is 628. The lowest BCUT2D eigenvalue weighted by molar-refractivity contribution is 0.0660. The first kappa shape index (κ1) is 12.0. The van der Waals surface area contributed by atoms with Crippen LogP contribution in [-0.4, -0.2) is 16.9 Å². The Morgan fingerprint density at radius 2 is 1.83 bits per heavy atom. The van der Waals surface area contributed by atoms with E-state index in [9.17, 15) is 14.0 Å². The first-order valence-electron chi connectivity index (χ1n) is 5.13. The minimum Gasteiger partial charge on any atom is -0.475 e. The second kappa shape index (κ2) is 4.44. The third-order valence-electron chi connectivity index (χ3n) is 2.46. The van der Waals surface area contributed by atoms with E-state index in [0.29, 0.717) is 5.56 Å². The minimum atomic E-state index is -1.25. The maximum absolute atomic E-state index is 13.1. The summed E-state index contributed by atoms with van der Waals surface area (Å²) >= 11 is 0. The molecule has 2 aromatic rings. The van der Waals surface area contributed by atoms with Crippen LogP contribution in [0.3, 0.4) is 0 Å². The Hall–Kier alpha value is -2.43. The zero-order valence-corrected chi connectivity index (χ0v) is 9.44. The van der Waals surface area contributed by atoms with E-state index in [4.69, 9.17) is 9.52 Å². The van der Waals surface area contributed by atoms with Crippen molar-refractivity contribution in [3.05, 3.63) is 58.8 Å². The number of carboxylic acid groups (broad SMARTS) is 1. The fraction of sp³-hybridized carbons (Fsp3) is 0.0769. The van der Waals surface area contributed by atoms with Crippen molar-refractivity contribution in [3.63, 3.8) is 0 Å². The minimum absolute atomic E-state index is 0.0848. The van der Waals surface area contributed by atoms with E-state index in [1.165, 1.54) is 37.3 Å². The number of hydrogen-bond acceptors (Lipinski definition) is 3. The van der Waals surface area contributed by atoms with Gasteiger partial charge in [0, 0.05) is 5.56 Å². The van der Waals surface area contributed by atoms with Crippen molar-refractivity contribution < 1.29 is 23.5 Å². The van der Waals surface area contributed by atoms with Crippen molar-refractivity contribution in [1.82, 2.24) is 0 Å². The molecule has 5 heteroatoms. The van der Waals surface area contributed by atoms with E-state index >= 15 is 0 Å². The SMILES string of the molecule is Cc1cc(C(=O)c2ccc(C(=O)O)o2)ccc1F. The van der Waals surface area contributed by atoms with Gasteiger partial charge in [-0.2, -0.15) is 0 Å². The second-order valence-corrected chi connectivity index (χ2v) is 3.76. The summed E-state index contributed by atoms with van der Waals surface area (Å²) in [5.41, 5.74) is 0.589. The van der Waals surface area contributed by atoms with Crippen LogP contribution in [0.4, 0.5) is 4.39 Å². The van der Waals surface area contributed by atoms with Crippen LogP contribution in [0.2, 0.25) is 0 Å². The standard InChI is InChI=1S/C13H9FO4/c1-7-6-8(2-3-9(7)14)12(15)10-4-5-11(18-10)13(16)17/h2-6H,1H3,(H,16,17). The maximum Gasteiger partial charge on any atom is 0.371 e. The zero-order valence-electron chi connectivity index (χ0n) is 9.44. The second-order valence-electron chi connectivity index (χ2n) is 3.76. The summed E-state index contributed by atoms with van der Waals surface area (Å²) in [5, 5.41) is 8.68. The van der Waals surface area contributed by atoms with Gasteiger partial charge in [-0.25, -0.2) is 9.18 Å². The quantitative estimate of drug-likeness (QED) is 0.848. The molecule has 0 aliphatic heterocycles. The van der Waals surface area contributed by atoms with Crippen LogP contribution in [0.15, 0.2) is 34.7 Å². The summed E-state index contributed by atoms with van der Waals surface area (Å²) < 4.78 is 18.0. The number of halogens is 1. The van der Waals surface area contributed by atoms with Crippen LogP contribution in [-0.2, 0) is 0 Å². The Kier molecular flexibility index (Phi) is 2.97. The van der Waals surface area contributed by atoms with Crippen molar-refractivity contribution in [1.29, 1.82) is 0 Å². The van der Waals surface area contributed by atoms with Crippen molar-refractivity contribution in [3.8, 4) is 0 Å². The molecule has 1 aromatic carbocycles. The monoisotopic (exact) mass is 248 g/mol. The Morgan fingerprint density at radius 1 is 1.17 bits per heavy atom. The molecular formula is C13H9FO4. The van der Waals surface area contributed by atoms with Crippen molar-refractivity contribution in [2.75, 3.05) is 0 Å². The molecule has 18 heavy (non-hydrogen) atoms. The average molecular weight is 248 g/mol. The number of carboxylic acids is 1. The van der Waals surface area contributed by atoms with E-state index in [1.807, 2.05) is 0 Å². The lowest BCUT2D eigenvalue weighted by Crippen LogP contribution is -2.01. The fourth-order valence-corrected chi connectivity index (χ4v) is 1.50. The molecule has 0 bridgehead atoms. The van der Waals surface area contributed by atoms with Gasteiger partial charge in [0.2, 0.25) is 11.5 Å². The van der Waals surface area contributed by atoms with Gasteiger partial charge in [-0.1, -0.05) is 0 Å². The van der Waals surface area contributed by atoms with Crippen LogP contribution in [0, 0.1) is 12.7 Å². The van der Waals surface area contributed by atoms with Crippen molar-refractivity contribution in [2.24, 2.45) is 0 Å². The topological polar surface area (TPSA) is 67.5 Å². The molecule has 1 heterocycles. The van der Waals surface area contributed by atoms with Gasteiger partial charge < -0.3 is 9.52 Å². The first-order chi connectivity index (χ1) is 8.49. The molecule has 0 radical (unpaired) electrons. The van der Waals surface area contributed by atoms with Gasteiger partial charge in [-0.15, -0.1) is 0 Å². The molecule has 92 valence electrons. The third-order valence-corrected chi connectivity index (χ3v) is 2.46. The summed E-state index contributed by atoms with van der Waals surface area (Å²) in [6.07, 6.45) is 0. The number of hydrogen-bond donors (Lipinski definition) is 1. The van der Waals surface area contributed by atoms with Crippen LogP contribution >= 0.6 is 0 Å². The van der Waals surface area contributed by atoms with Gasteiger partial charge in [0.1, 0.15) is 5.82 Å². The summed E-state index contributed by atoms with van der Waals surface area (Å²) in [6, 6.07) is 6.38. The predicted molar refractivity (Wildman–Crippen MR) is 60.2 cm³/mol. The Morgan fingerprint density at radius 3 is 2.39 bits per heavy atom. The summed E-state index contributed by atoms with van der Waals surface area (Å²) in [5.74, 6) is -2.53.